The SMILES string of the molecule is CC(CCO)C(=O)ON1C(=O)CCC1=O. The molecule has 1 rings (SSSR count). The van der Waals surface area contributed by atoms with Crippen LogP contribution >= 0.6 is 0 Å². The predicted octanol–water partition coefficient (Wildman–Crippen LogP) is -0.388. The Kier molecular flexibility index (Phi) is 3.79. The summed E-state index contributed by atoms with van der Waals surface area (Å²) in [7, 11) is 0. The Morgan fingerprint density at radius 2 is 2.00 bits per heavy atom. The van der Waals surface area contributed by atoms with Crippen molar-refractivity contribution in [1.29, 1.82) is 0 Å². The molecule has 6 nitrogen and oxygen atoms in total. The molecule has 1 atom stereocenters. The Morgan fingerprint density at radius 1 is 1.47 bits per heavy atom. The first-order chi connectivity index (χ1) is 7.06. The molecule has 0 saturated carbocycles. The van der Waals surface area contributed by atoms with Gasteiger partial charge in [0.15, 0.2) is 0 Å². The Labute approximate surface area is 86.8 Å². The van der Waals surface area contributed by atoms with Crippen LogP contribution in [-0.4, -0.2) is 34.6 Å². The first-order valence-corrected chi connectivity index (χ1v) is 4.74. The standard InChI is InChI=1S/C9H13NO5/c1-6(4-5-11)9(14)15-10-7(12)2-3-8(10)13/h6,11H,2-5H2,1H3. The minimum absolute atomic E-state index is 0.0838. The average Bonchev–Trinajstić information content (AvgIpc) is 2.49. The van der Waals surface area contributed by atoms with Gasteiger partial charge in [-0.25, -0.2) is 4.79 Å². The predicted molar refractivity (Wildman–Crippen MR) is 48.0 cm³/mol. The number of amides is 2. The van der Waals surface area contributed by atoms with E-state index in [4.69, 9.17) is 5.11 Å². The van der Waals surface area contributed by atoms with E-state index in [1.165, 1.54) is 0 Å². The molecule has 1 unspecified atom stereocenters. The second-order valence-corrected chi connectivity index (χ2v) is 3.41. The minimum Gasteiger partial charge on any atom is -0.396 e. The van der Waals surface area contributed by atoms with Gasteiger partial charge in [0.2, 0.25) is 0 Å². The number of nitrogens with zero attached hydrogens (tertiary/aromatic N) is 1. The van der Waals surface area contributed by atoms with Crippen LogP contribution in [0.15, 0.2) is 0 Å². The highest BCUT2D eigenvalue weighted by Crippen LogP contribution is 2.14. The molecule has 0 aliphatic carbocycles. The van der Waals surface area contributed by atoms with Gasteiger partial charge in [-0.2, -0.15) is 0 Å². The summed E-state index contributed by atoms with van der Waals surface area (Å²) in [5, 5.41) is 9.11. The van der Waals surface area contributed by atoms with Crippen LogP contribution in [0.3, 0.4) is 0 Å². The maximum absolute atomic E-state index is 11.3. The Bertz CT molecular complexity index is 272. The second-order valence-electron chi connectivity index (χ2n) is 3.41. The number of hydroxylamine groups is 2. The number of imide groups is 1. The van der Waals surface area contributed by atoms with E-state index in [0.717, 1.165) is 0 Å². The average molecular weight is 215 g/mol. The number of carbonyl (C=O) groups excluding carboxylic acids is 3. The molecule has 2 amide bonds. The fourth-order valence-corrected chi connectivity index (χ4v) is 1.15. The third-order valence-corrected chi connectivity index (χ3v) is 2.15. The topological polar surface area (TPSA) is 83.9 Å². The molecule has 1 fully saturated rings. The van der Waals surface area contributed by atoms with Gasteiger partial charge < -0.3 is 9.94 Å². The minimum atomic E-state index is -0.673. The number of carbonyl (C=O) groups is 3. The summed E-state index contributed by atoms with van der Waals surface area (Å²) in [4.78, 5) is 38.1. The van der Waals surface area contributed by atoms with Crippen molar-refractivity contribution in [3.63, 3.8) is 0 Å². The van der Waals surface area contributed by atoms with Crippen LogP contribution in [0.4, 0.5) is 0 Å². The van der Waals surface area contributed by atoms with Gasteiger partial charge in [-0.1, -0.05) is 6.92 Å². The van der Waals surface area contributed by atoms with Crippen molar-refractivity contribution in [2.75, 3.05) is 6.61 Å². The molecule has 1 heterocycles. The van der Waals surface area contributed by atoms with Crippen LogP contribution in [0.25, 0.3) is 0 Å². The summed E-state index contributed by atoms with van der Waals surface area (Å²) in [5.74, 6) is -2.20. The van der Waals surface area contributed by atoms with E-state index in [1.807, 2.05) is 0 Å². The quantitative estimate of drug-likeness (QED) is 0.646. The van der Waals surface area contributed by atoms with Gasteiger partial charge in [-0.05, 0) is 6.42 Å². The number of hydrogen-bond donors (Lipinski definition) is 1. The zero-order chi connectivity index (χ0) is 11.4. The van der Waals surface area contributed by atoms with Crippen LogP contribution in [0.5, 0.6) is 0 Å². The number of aliphatic hydroxyl groups is 1. The van der Waals surface area contributed by atoms with Crippen molar-refractivity contribution < 1.29 is 24.3 Å². The molecule has 0 spiro atoms. The van der Waals surface area contributed by atoms with E-state index in [1.54, 1.807) is 6.92 Å². The zero-order valence-electron chi connectivity index (χ0n) is 8.43. The summed E-state index contributed by atoms with van der Waals surface area (Å²) in [5.41, 5.74) is 0. The molecule has 15 heavy (non-hydrogen) atoms. The van der Waals surface area contributed by atoms with Crippen molar-refractivity contribution >= 4 is 17.8 Å². The van der Waals surface area contributed by atoms with Crippen molar-refractivity contribution in [2.45, 2.75) is 26.2 Å². The molecule has 1 aliphatic rings. The van der Waals surface area contributed by atoms with Crippen molar-refractivity contribution in [3.05, 3.63) is 0 Å². The molecular weight excluding hydrogens is 202 g/mol. The van der Waals surface area contributed by atoms with Crippen LogP contribution in [0, 0.1) is 5.92 Å². The number of rotatable bonds is 4. The third-order valence-electron chi connectivity index (χ3n) is 2.15. The Balaban J connectivity index is 2.50. The molecule has 1 aliphatic heterocycles. The van der Waals surface area contributed by atoms with Gasteiger partial charge in [-0.15, -0.1) is 5.06 Å². The van der Waals surface area contributed by atoms with Crippen molar-refractivity contribution in [2.24, 2.45) is 5.92 Å². The number of aliphatic hydroxyl groups excluding tert-OH is 1. The van der Waals surface area contributed by atoms with E-state index >= 15 is 0 Å². The highest BCUT2D eigenvalue weighted by atomic mass is 16.7. The highest BCUT2D eigenvalue weighted by molar-refractivity contribution is 6.01. The van der Waals surface area contributed by atoms with E-state index in [2.05, 4.69) is 4.84 Å². The van der Waals surface area contributed by atoms with Gasteiger partial charge in [0.05, 0.1) is 5.92 Å². The number of hydrogen-bond acceptors (Lipinski definition) is 5. The van der Waals surface area contributed by atoms with Crippen molar-refractivity contribution in [3.8, 4) is 0 Å². The molecule has 1 saturated heterocycles. The molecule has 0 radical (unpaired) electrons. The van der Waals surface area contributed by atoms with E-state index < -0.39 is 23.7 Å². The lowest BCUT2D eigenvalue weighted by Crippen LogP contribution is -2.34. The van der Waals surface area contributed by atoms with E-state index in [0.29, 0.717) is 5.06 Å². The highest BCUT2D eigenvalue weighted by Gasteiger charge is 2.33. The first-order valence-electron chi connectivity index (χ1n) is 4.74. The summed E-state index contributed by atoms with van der Waals surface area (Å²) >= 11 is 0. The van der Waals surface area contributed by atoms with Gasteiger partial charge in [0.1, 0.15) is 0 Å². The van der Waals surface area contributed by atoms with Crippen molar-refractivity contribution in [1.82, 2.24) is 5.06 Å². The molecular formula is C9H13NO5. The summed E-state index contributed by atoms with van der Waals surface area (Å²) in [6.07, 6.45) is 0.413. The lowest BCUT2D eigenvalue weighted by atomic mass is 10.1. The molecule has 0 aromatic rings. The van der Waals surface area contributed by atoms with E-state index in [-0.39, 0.29) is 25.9 Å². The molecule has 1 N–H and O–H groups in total. The van der Waals surface area contributed by atoms with Gasteiger partial charge in [-0.3, -0.25) is 9.59 Å². The molecule has 84 valence electrons. The first kappa shape index (κ1) is 11.6. The fourth-order valence-electron chi connectivity index (χ4n) is 1.15. The van der Waals surface area contributed by atoms with Gasteiger partial charge in [0, 0.05) is 19.4 Å². The van der Waals surface area contributed by atoms with Crippen LogP contribution in [-0.2, 0) is 19.2 Å². The van der Waals surface area contributed by atoms with Gasteiger partial charge in [0.25, 0.3) is 11.8 Å². The smallest absolute Gasteiger partial charge is 0.336 e. The Morgan fingerprint density at radius 3 is 2.47 bits per heavy atom. The monoisotopic (exact) mass is 215 g/mol. The normalized spacial score (nSPS) is 18.1. The maximum Gasteiger partial charge on any atom is 0.336 e. The molecule has 0 aromatic heterocycles. The fraction of sp³-hybridized carbons (Fsp3) is 0.667. The maximum atomic E-state index is 11.3. The van der Waals surface area contributed by atoms with Crippen LogP contribution in [0.2, 0.25) is 0 Å². The molecule has 6 heteroatoms. The summed E-state index contributed by atoms with van der Waals surface area (Å²) in [6, 6.07) is 0. The van der Waals surface area contributed by atoms with E-state index in [9.17, 15) is 14.4 Å². The molecule has 0 bridgehead atoms. The summed E-state index contributed by atoms with van der Waals surface area (Å²) in [6.45, 7) is 1.42. The molecule has 0 aromatic carbocycles. The largest absolute Gasteiger partial charge is 0.396 e. The Hall–Kier alpha value is -1.43. The lowest BCUT2D eigenvalue weighted by Gasteiger charge is -2.15. The van der Waals surface area contributed by atoms with Crippen LogP contribution < -0.4 is 0 Å². The third kappa shape index (κ3) is 2.76. The van der Waals surface area contributed by atoms with Crippen LogP contribution in [0.1, 0.15) is 26.2 Å². The second kappa shape index (κ2) is 4.88. The summed E-state index contributed by atoms with van der Waals surface area (Å²) < 4.78 is 0. The van der Waals surface area contributed by atoms with Gasteiger partial charge >= 0.3 is 5.97 Å². The lowest BCUT2D eigenvalue weighted by molar-refractivity contribution is -0.200. The zero-order valence-corrected chi connectivity index (χ0v) is 8.43.